The minimum Gasteiger partial charge on any atom is -0.310 e. The van der Waals surface area contributed by atoms with E-state index in [4.69, 9.17) is 0 Å². The summed E-state index contributed by atoms with van der Waals surface area (Å²) in [7, 11) is 0. The number of hydrogen-bond acceptors (Lipinski definition) is 2. The molecule has 0 radical (unpaired) electrons. The number of aryl methyl sites for hydroxylation is 1. The lowest BCUT2D eigenvalue weighted by molar-refractivity contribution is 0.362. The molecule has 0 aliphatic heterocycles. The van der Waals surface area contributed by atoms with Gasteiger partial charge in [0.05, 0.1) is 11.7 Å². The van der Waals surface area contributed by atoms with Gasteiger partial charge in [-0.25, -0.2) is 0 Å². The first-order valence-electron chi connectivity index (χ1n) is 5.99. The molecule has 1 unspecified atom stereocenters. The molecular weight excluding hydrogens is 198 g/mol. The standard InChI is InChI=1S/C13H25N3/c1-9(8-14-13(5,6)7)16-12(4)10(2)11(3)15-16/h9,14H,8H2,1-7H3. The molecule has 0 amide bonds. The van der Waals surface area contributed by atoms with Crippen LogP contribution in [0.1, 0.15) is 50.7 Å². The SMILES string of the molecule is Cc1nn(C(C)CNC(C)(C)C)c(C)c1C. The second-order valence-corrected chi connectivity index (χ2v) is 5.72. The van der Waals surface area contributed by atoms with Crippen LogP contribution in [0.2, 0.25) is 0 Å². The predicted molar refractivity (Wildman–Crippen MR) is 68.9 cm³/mol. The van der Waals surface area contributed by atoms with E-state index < -0.39 is 0 Å². The van der Waals surface area contributed by atoms with Crippen molar-refractivity contribution in [3.8, 4) is 0 Å². The molecule has 1 aromatic rings. The van der Waals surface area contributed by atoms with Crippen molar-refractivity contribution >= 4 is 0 Å². The molecular formula is C13H25N3. The summed E-state index contributed by atoms with van der Waals surface area (Å²) in [5.74, 6) is 0. The van der Waals surface area contributed by atoms with Gasteiger partial charge in [0.1, 0.15) is 0 Å². The largest absolute Gasteiger partial charge is 0.310 e. The molecule has 1 atom stereocenters. The monoisotopic (exact) mass is 223 g/mol. The van der Waals surface area contributed by atoms with Crippen molar-refractivity contribution < 1.29 is 0 Å². The summed E-state index contributed by atoms with van der Waals surface area (Å²) in [6.07, 6.45) is 0. The van der Waals surface area contributed by atoms with E-state index in [9.17, 15) is 0 Å². The molecule has 3 heteroatoms. The predicted octanol–water partition coefficient (Wildman–Crippen LogP) is 2.76. The quantitative estimate of drug-likeness (QED) is 0.854. The third-order valence-electron chi connectivity index (χ3n) is 3.03. The highest BCUT2D eigenvalue weighted by molar-refractivity contribution is 5.22. The molecule has 1 aromatic heterocycles. The van der Waals surface area contributed by atoms with E-state index in [0.29, 0.717) is 6.04 Å². The lowest BCUT2D eigenvalue weighted by Gasteiger charge is -2.24. The van der Waals surface area contributed by atoms with Crippen LogP contribution in [0.4, 0.5) is 0 Å². The highest BCUT2D eigenvalue weighted by atomic mass is 15.3. The van der Waals surface area contributed by atoms with Gasteiger partial charge in [0.15, 0.2) is 0 Å². The number of hydrogen-bond donors (Lipinski definition) is 1. The molecule has 0 fully saturated rings. The Morgan fingerprint density at radius 3 is 2.19 bits per heavy atom. The van der Waals surface area contributed by atoms with Crippen molar-refractivity contribution in [3.63, 3.8) is 0 Å². The first-order valence-corrected chi connectivity index (χ1v) is 5.99. The minimum atomic E-state index is 0.166. The van der Waals surface area contributed by atoms with Crippen LogP contribution < -0.4 is 5.32 Å². The Balaban J connectivity index is 2.73. The smallest absolute Gasteiger partial charge is 0.0625 e. The van der Waals surface area contributed by atoms with Gasteiger partial charge in [0, 0.05) is 17.8 Å². The van der Waals surface area contributed by atoms with Crippen LogP contribution in [0.3, 0.4) is 0 Å². The fourth-order valence-corrected chi connectivity index (χ4v) is 1.71. The van der Waals surface area contributed by atoms with Crippen molar-refractivity contribution in [2.75, 3.05) is 6.54 Å². The fourth-order valence-electron chi connectivity index (χ4n) is 1.71. The Morgan fingerprint density at radius 2 is 1.81 bits per heavy atom. The van der Waals surface area contributed by atoms with E-state index in [1.807, 2.05) is 0 Å². The topological polar surface area (TPSA) is 29.9 Å². The highest BCUT2D eigenvalue weighted by Crippen LogP contribution is 2.16. The van der Waals surface area contributed by atoms with Crippen molar-refractivity contribution in [2.24, 2.45) is 0 Å². The third-order valence-corrected chi connectivity index (χ3v) is 3.03. The van der Waals surface area contributed by atoms with Crippen LogP contribution in [0.5, 0.6) is 0 Å². The van der Waals surface area contributed by atoms with Gasteiger partial charge < -0.3 is 5.32 Å². The van der Waals surface area contributed by atoms with Gasteiger partial charge in [-0.2, -0.15) is 5.10 Å². The van der Waals surface area contributed by atoms with Crippen LogP contribution >= 0.6 is 0 Å². The second kappa shape index (κ2) is 4.58. The zero-order chi connectivity index (χ0) is 12.5. The summed E-state index contributed by atoms with van der Waals surface area (Å²) in [4.78, 5) is 0. The van der Waals surface area contributed by atoms with Gasteiger partial charge in [0.25, 0.3) is 0 Å². The van der Waals surface area contributed by atoms with E-state index in [1.54, 1.807) is 0 Å². The average Bonchev–Trinajstić information content (AvgIpc) is 2.41. The number of nitrogens with zero attached hydrogens (tertiary/aromatic N) is 2. The molecule has 92 valence electrons. The Kier molecular flexibility index (Phi) is 3.79. The molecule has 1 N–H and O–H groups in total. The average molecular weight is 223 g/mol. The summed E-state index contributed by atoms with van der Waals surface area (Å²) >= 11 is 0. The van der Waals surface area contributed by atoms with Gasteiger partial charge >= 0.3 is 0 Å². The molecule has 0 aliphatic rings. The van der Waals surface area contributed by atoms with Crippen LogP contribution in [0.25, 0.3) is 0 Å². The maximum atomic E-state index is 4.59. The lowest BCUT2D eigenvalue weighted by Crippen LogP contribution is -2.39. The number of nitrogens with one attached hydrogen (secondary N) is 1. The van der Waals surface area contributed by atoms with Crippen LogP contribution in [0.15, 0.2) is 0 Å². The normalized spacial score (nSPS) is 14.2. The van der Waals surface area contributed by atoms with Gasteiger partial charge in [-0.1, -0.05) is 0 Å². The molecule has 1 heterocycles. The maximum absolute atomic E-state index is 4.59. The van der Waals surface area contributed by atoms with E-state index in [2.05, 4.69) is 63.6 Å². The third kappa shape index (κ3) is 3.08. The Labute approximate surface area is 99.2 Å². The van der Waals surface area contributed by atoms with Gasteiger partial charge in [0.2, 0.25) is 0 Å². The maximum Gasteiger partial charge on any atom is 0.0625 e. The van der Waals surface area contributed by atoms with Crippen molar-refractivity contribution in [1.82, 2.24) is 15.1 Å². The molecule has 0 spiro atoms. The molecule has 3 nitrogen and oxygen atoms in total. The molecule has 0 bridgehead atoms. The van der Waals surface area contributed by atoms with Crippen LogP contribution in [-0.2, 0) is 0 Å². The minimum absolute atomic E-state index is 0.166. The molecule has 1 rings (SSSR count). The first kappa shape index (κ1) is 13.2. The van der Waals surface area contributed by atoms with E-state index in [0.717, 1.165) is 12.2 Å². The Morgan fingerprint density at radius 1 is 1.25 bits per heavy atom. The highest BCUT2D eigenvalue weighted by Gasteiger charge is 2.15. The number of aromatic nitrogens is 2. The van der Waals surface area contributed by atoms with E-state index in [-0.39, 0.29) is 5.54 Å². The molecule has 16 heavy (non-hydrogen) atoms. The first-order chi connectivity index (χ1) is 7.22. The van der Waals surface area contributed by atoms with E-state index in [1.165, 1.54) is 11.3 Å². The summed E-state index contributed by atoms with van der Waals surface area (Å²) in [5, 5.41) is 8.10. The molecule has 0 saturated carbocycles. The summed E-state index contributed by atoms with van der Waals surface area (Å²) < 4.78 is 2.13. The summed E-state index contributed by atoms with van der Waals surface area (Å²) in [5.41, 5.74) is 3.89. The Bertz CT molecular complexity index is 358. The van der Waals surface area contributed by atoms with Crippen molar-refractivity contribution in [2.45, 2.75) is 60.0 Å². The fraction of sp³-hybridized carbons (Fsp3) is 0.769. The molecule has 0 aliphatic carbocycles. The lowest BCUT2D eigenvalue weighted by atomic mass is 10.1. The van der Waals surface area contributed by atoms with Crippen molar-refractivity contribution in [1.29, 1.82) is 0 Å². The molecule has 0 aromatic carbocycles. The van der Waals surface area contributed by atoms with Gasteiger partial charge in [-0.05, 0) is 54.0 Å². The van der Waals surface area contributed by atoms with E-state index >= 15 is 0 Å². The molecule has 0 saturated heterocycles. The van der Waals surface area contributed by atoms with Gasteiger partial charge in [-0.3, -0.25) is 4.68 Å². The Hall–Kier alpha value is -0.830. The number of rotatable bonds is 3. The summed E-state index contributed by atoms with van der Waals surface area (Å²) in [6.45, 7) is 16.1. The second-order valence-electron chi connectivity index (χ2n) is 5.72. The zero-order valence-electron chi connectivity index (χ0n) is 11.7. The zero-order valence-corrected chi connectivity index (χ0v) is 11.7. The van der Waals surface area contributed by atoms with Crippen LogP contribution in [-0.4, -0.2) is 21.9 Å². The van der Waals surface area contributed by atoms with Gasteiger partial charge in [-0.15, -0.1) is 0 Å². The summed E-state index contributed by atoms with van der Waals surface area (Å²) in [6, 6.07) is 0.395. The van der Waals surface area contributed by atoms with Crippen molar-refractivity contribution in [3.05, 3.63) is 17.0 Å². The van der Waals surface area contributed by atoms with Crippen LogP contribution in [0, 0.1) is 20.8 Å².